The van der Waals surface area contributed by atoms with Gasteiger partial charge in [-0.1, -0.05) is 25.4 Å². The minimum atomic E-state index is 0.119. The summed E-state index contributed by atoms with van der Waals surface area (Å²) in [5, 5.41) is 7.95. The van der Waals surface area contributed by atoms with Gasteiger partial charge in [0.25, 0.3) is 0 Å². The predicted octanol–water partition coefficient (Wildman–Crippen LogP) is 3.58. The van der Waals surface area contributed by atoms with E-state index in [9.17, 15) is 0 Å². The molecule has 10 heteroatoms. The van der Waals surface area contributed by atoms with E-state index in [0.717, 1.165) is 70.1 Å². The molecular weight excluding hydrogens is 451 g/mol. The topological polar surface area (TPSA) is 76.5 Å². The van der Waals surface area contributed by atoms with Gasteiger partial charge in [0.05, 0.1) is 24.9 Å². The van der Waals surface area contributed by atoms with E-state index in [1.165, 1.54) is 5.56 Å². The fraction of sp³-hybridized carbons (Fsp3) is 0.636. The summed E-state index contributed by atoms with van der Waals surface area (Å²) in [5.41, 5.74) is 2.65. The van der Waals surface area contributed by atoms with Crippen molar-refractivity contribution in [3.63, 3.8) is 0 Å². The molecule has 1 saturated carbocycles. The second kappa shape index (κ2) is 8.89. The number of rotatable bonds is 3. The van der Waals surface area contributed by atoms with Gasteiger partial charge < -0.3 is 14.4 Å². The van der Waals surface area contributed by atoms with Crippen molar-refractivity contribution >= 4 is 29.0 Å². The van der Waals surface area contributed by atoms with Crippen molar-refractivity contribution in [2.45, 2.75) is 45.3 Å². The number of hydrogen-bond acceptors (Lipinski definition) is 8. The molecule has 0 bridgehead atoms. The van der Waals surface area contributed by atoms with Crippen LogP contribution >= 0.6 is 23.2 Å². The van der Waals surface area contributed by atoms with Crippen LogP contribution in [0.5, 0.6) is 5.75 Å². The average molecular weight is 479 g/mol. The van der Waals surface area contributed by atoms with Crippen molar-refractivity contribution < 1.29 is 9.47 Å². The number of pyridine rings is 1. The van der Waals surface area contributed by atoms with Crippen molar-refractivity contribution in [1.82, 2.24) is 25.1 Å². The summed E-state index contributed by atoms with van der Waals surface area (Å²) in [6, 6.07) is 2.28. The van der Waals surface area contributed by atoms with Gasteiger partial charge in [0.2, 0.25) is 5.28 Å². The molecule has 2 aromatic rings. The second-order valence-electron chi connectivity index (χ2n) is 8.75. The van der Waals surface area contributed by atoms with Crippen molar-refractivity contribution in [2.24, 2.45) is 5.41 Å². The third-order valence-electron chi connectivity index (χ3n) is 6.81. The number of morpholine rings is 1. The molecule has 3 aliphatic heterocycles. The molecule has 5 heterocycles. The lowest BCUT2D eigenvalue weighted by Crippen LogP contribution is -2.65. The van der Waals surface area contributed by atoms with E-state index in [1.54, 1.807) is 0 Å². The molecule has 2 aromatic heterocycles. The van der Waals surface area contributed by atoms with Gasteiger partial charge in [-0.15, -0.1) is 10.2 Å². The zero-order chi connectivity index (χ0) is 22.3. The zero-order valence-corrected chi connectivity index (χ0v) is 19.9. The Bertz CT molecular complexity index is 979. The maximum atomic E-state index is 6.49. The first-order chi connectivity index (χ1) is 15.6. The fourth-order valence-electron chi connectivity index (χ4n) is 5.40. The molecule has 1 aliphatic carbocycles. The summed E-state index contributed by atoms with van der Waals surface area (Å²) in [7, 11) is 0. The van der Waals surface area contributed by atoms with Crippen molar-refractivity contribution in [3.8, 4) is 5.75 Å². The number of fused-ring (bicyclic) bond motifs is 3. The maximum Gasteiger partial charge on any atom is 0.245 e. The monoisotopic (exact) mass is 478 g/mol. The van der Waals surface area contributed by atoms with Gasteiger partial charge in [-0.3, -0.25) is 9.88 Å². The van der Waals surface area contributed by atoms with Crippen LogP contribution in [0.3, 0.4) is 0 Å². The van der Waals surface area contributed by atoms with E-state index in [0.29, 0.717) is 11.0 Å². The molecule has 32 heavy (non-hydrogen) atoms. The van der Waals surface area contributed by atoms with Crippen LogP contribution in [0, 0.1) is 5.41 Å². The molecule has 0 N–H and O–H groups in total. The number of ether oxygens (including phenoxy) is 2. The fourth-order valence-corrected chi connectivity index (χ4v) is 5.72. The number of nitrogens with zero attached hydrogens (tertiary/aromatic N) is 6. The molecule has 3 fully saturated rings. The first kappa shape index (κ1) is 22.1. The van der Waals surface area contributed by atoms with Gasteiger partial charge in [-0.2, -0.15) is 4.98 Å². The predicted molar refractivity (Wildman–Crippen MR) is 123 cm³/mol. The Morgan fingerprint density at radius 3 is 2.78 bits per heavy atom. The van der Waals surface area contributed by atoms with Gasteiger partial charge in [0.15, 0.2) is 11.0 Å². The summed E-state index contributed by atoms with van der Waals surface area (Å²) < 4.78 is 12.2. The quantitative estimate of drug-likeness (QED) is 0.662. The number of aromatic nitrogens is 4. The Morgan fingerprint density at radius 1 is 1.16 bits per heavy atom. The lowest BCUT2D eigenvalue weighted by Gasteiger charge is -2.59. The Kier molecular flexibility index (Phi) is 6.13. The van der Waals surface area contributed by atoms with Crippen molar-refractivity contribution in [1.29, 1.82) is 0 Å². The summed E-state index contributed by atoms with van der Waals surface area (Å²) >= 11 is 12.0. The summed E-state index contributed by atoms with van der Waals surface area (Å²) in [5.74, 6) is 1.60. The molecule has 172 valence electrons. The first-order valence-electron chi connectivity index (χ1n) is 11.4. The molecule has 0 amide bonds. The van der Waals surface area contributed by atoms with E-state index in [-0.39, 0.29) is 22.8 Å². The molecule has 0 aromatic carbocycles. The van der Waals surface area contributed by atoms with Gasteiger partial charge in [-0.05, 0) is 30.5 Å². The van der Waals surface area contributed by atoms with Crippen LogP contribution < -0.4 is 9.64 Å². The highest BCUT2D eigenvalue weighted by Gasteiger charge is 2.54. The Morgan fingerprint density at radius 2 is 1.97 bits per heavy atom. The molecule has 0 radical (unpaired) electrons. The van der Waals surface area contributed by atoms with Crippen LogP contribution in [0.1, 0.15) is 44.0 Å². The SMILES string of the molecule is CC.Clc1nnc(Cl)c(N2CC3(CC(Oc4ccnc5c4C4COCCN4CC5)C3)C2)n1. The third-order valence-corrected chi connectivity index (χ3v) is 7.22. The second-order valence-corrected chi connectivity index (χ2v) is 9.44. The minimum Gasteiger partial charge on any atom is -0.490 e. The van der Waals surface area contributed by atoms with Crippen LogP contribution in [0.2, 0.25) is 10.4 Å². The number of halogens is 2. The summed E-state index contributed by atoms with van der Waals surface area (Å²) in [6.07, 6.45) is 5.12. The van der Waals surface area contributed by atoms with E-state index in [2.05, 4.69) is 30.0 Å². The van der Waals surface area contributed by atoms with E-state index in [1.807, 2.05) is 26.1 Å². The normalized spacial score (nSPS) is 23.9. The van der Waals surface area contributed by atoms with E-state index in [4.69, 9.17) is 32.7 Å². The maximum absolute atomic E-state index is 6.49. The molecule has 4 aliphatic rings. The lowest BCUT2D eigenvalue weighted by atomic mass is 9.61. The first-order valence-corrected chi connectivity index (χ1v) is 12.1. The highest BCUT2D eigenvalue weighted by atomic mass is 35.5. The highest BCUT2D eigenvalue weighted by molar-refractivity contribution is 6.32. The van der Waals surface area contributed by atoms with Crippen LogP contribution in [0.15, 0.2) is 12.3 Å². The van der Waals surface area contributed by atoms with Crippen LogP contribution in [0.4, 0.5) is 5.82 Å². The summed E-state index contributed by atoms with van der Waals surface area (Å²) in [4.78, 5) is 13.5. The third kappa shape index (κ3) is 3.91. The Hall–Kier alpha value is -1.74. The van der Waals surface area contributed by atoms with Crippen LogP contribution in [-0.4, -0.2) is 70.6 Å². The van der Waals surface area contributed by atoms with Crippen LogP contribution in [-0.2, 0) is 11.2 Å². The zero-order valence-electron chi connectivity index (χ0n) is 18.4. The standard InChI is InChI=1S/C20H22Cl2N6O2.C2H6/c21-17-18(24-19(22)26-25-17)28-10-20(11-28)7-12(8-20)30-15-1-3-23-13-2-4-27-5-6-29-9-14(27)16(13)15;1-2/h1,3,12,14H,2,4-11H2;1-2H3. The van der Waals surface area contributed by atoms with E-state index < -0.39 is 0 Å². The van der Waals surface area contributed by atoms with Gasteiger partial charge in [0, 0.05) is 49.8 Å². The average Bonchev–Trinajstić information content (AvgIpc) is 2.77. The largest absolute Gasteiger partial charge is 0.490 e. The van der Waals surface area contributed by atoms with Crippen molar-refractivity contribution in [3.05, 3.63) is 34.0 Å². The molecule has 1 unspecified atom stereocenters. The molecule has 2 saturated heterocycles. The summed E-state index contributed by atoms with van der Waals surface area (Å²) in [6.45, 7) is 9.33. The molecule has 1 atom stereocenters. The van der Waals surface area contributed by atoms with Gasteiger partial charge >= 0.3 is 0 Å². The Labute approximate surface area is 198 Å². The van der Waals surface area contributed by atoms with Crippen molar-refractivity contribution in [2.75, 3.05) is 44.3 Å². The molecule has 1 spiro atoms. The van der Waals surface area contributed by atoms with Gasteiger partial charge in [-0.25, -0.2) is 0 Å². The van der Waals surface area contributed by atoms with Gasteiger partial charge in [0.1, 0.15) is 11.9 Å². The highest BCUT2D eigenvalue weighted by Crippen LogP contribution is 2.52. The number of anilines is 1. The van der Waals surface area contributed by atoms with E-state index >= 15 is 0 Å². The minimum absolute atomic E-state index is 0.119. The molecule has 6 rings (SSSR count). The number of hydrogen-bond donors (Lipinski definition) is 0. The van der Waals surface area contributed by atoms with Crippen LogP contribution in [0.25, 0.3) is 0 Å². The Balaban J connectivity index is 0.00000105. The smallest absolute Gasteiger partial charge is 0.245 e. The molecule has 8 nitrogen and oxygen atoms in total. The molecular formula is C22H28Cl2N6O2. The lowest BCUT2D eigenvalue weighted by molar-refractivity contribution is -0.0398.